The summed E-state index contributed by atoms with van der Waals surface area (Å²) >= 11 is 0. The van der Waals surface area contributed by atoms with Gasteiger partial charge < -0.3 is 0 Å². The summed E-state index contributed by atoms with van der Waals surface area (Å²) in [6.07, 6.45) is 6.01. The summed E-state index contributed by atoms with van der Waals surface area (Å²) in [6.45, 7) is 0.611. The molecule has 0 saturated heterocycles. The van der Waals surface area contributed by atoms with Gasteiger partial charge in [0.25, 0.3) is 0 Å². The van der Waals surface area contributed by atoms with E-state index in [0.29, 0.717) is 18.2 Å². The van der Waals surface area contributed by atoms with Crippen molar-refractivity contribution < 1.29 is 13.0 Å². The fraction of sp³-hybridized carbons (Fsp3) is 0.350. The van der Waals surface area contributed by atoms with E-state index in [1.54, 1.807) is 12.1 Å². The molecule has 1 saturated carbocycles. The van der Waals surface area contributed by atoms with E-state index in [-0.39, 0.29) is 0 Å². The Hall–Kier alpha value is -2.38. The monoisotopic (exact) mass is 385 g/mol. The molecule has 0 atom stereocenters. The van der Waals surface area contributed by atoms with Crippen LogP contribution in [0.1, 0.15) is 49.3 Å². The number of aromatic nitrogens is 2. The van der Waals surface area contributed by atoms with Gasteiger partial charge in [-0.1, -0.05) is 49.6 Å². The van der Waals surface area contributed by atoms with Crippen molar-refractivity contribution in [1.82, 2.24) is 9.78 Å². The molecule has 1 aliphatic carbocycles. The summed E-state index contributed by atoms with van der Waals surface area (Å²) in [5.41, 5.74) is 3.42. The second kappa shape index (κ2) is 7.32. The highest BCUT2D eigenvalue weighted by Gasteiger charge is 2.22. The van der Waals surface area contributed by atoms with Gasteiger partial charge in [-0.05, 0) is 36.6 Å². The van der Waals surface area contributed by atoms with Crippen LogP contribution < -0.4 is 4.72 Å². The largest absolute Gasteiger partial charge is 0.357 e. The summed E-state index contributed by atoms with van der Waals surface area (Å²) in [5.74, 6) is 0.443. The molecule has 0 amide bonds. The van der Waals surface area contributed by atoms with Gasteiger partial charge in [0.15, 0.2) is 0 Å². The minimum atomic E-state index is -4.31. The van der Waals surface area contributed by atoms with Crippen molar-refractivity contribution in [2.75, 3.05) is 4.72 Å². The molecule has 0 spiro atoms. The predicted molar refractivity (Wildman–Crippen MR) is 106 cm³/mol. The predicted octanol–water partition coefficient (Wildman–Crippen LogP) is 4.35. The van der Waals surface area contributed by atoms with E-state index in [1.807, 2.05) is 41.1 Å². The van der Waals surface area contributed by atoms with Crippen LogP contribution in [-0.2, 0) is 16.8 Å². The zero-order chi connectivity index (χ0) is 18.9. The zero-order valence-electron chi connectivity index (χ0n) is 15.0. The Labute approximate surface area is 159 Å². The van der Waals surface area contributed by atoms with Crippen molar-refractivity contribution in [3.05, 3.63) is 59.8 Å². The summed E-state index contributed by atoms with van der Waals surface area (Å²) in [4.78, 5) is 0. The van der Waals surface area contributed by atoms with Crippen LogP contribution in [0.25, 0.3) is 10.9 Å². The Kier molecular flexibility index (Phi) is 4.88. The number of hydrogen-bond acceptors (Lipinski definition) is 3. The molecule has 0 bridgehead atoms. The molecule has 0 radical (unpaired) electrons. The highest BCUT2D eigenvalue weighted by Crippen LogP contribution is 2.36. The summed E-state index contributed by atoms with van der Waals surface area (Å²) in [5, 5.41) is 5.98. The number of fused-ring (bicyclic) bond motifs is 1. The smallest absolute Gasteiger partial charge is 0.269 e. The first-order valence-corrected chi connectivity index (χ1v) is 10.7. The summed E-state index contributed by atoms with van der Waals surface area (Å²) in [7, 11) is -4.31. The first-order valence-electron chi connectivity index (χ1n) is 9.29. The van der Waals surface area contributed by atoms with Gasteiger partial charge in [0.05, 0.1) is 23.4 Å². The van der Waals surface area contributed by atoms with E-state index in [0.717, 1.165) is 35.0 Å². The molecule has 142 valence electrons. The fourth-order valence-electron chi connectivity index (χ4n) is 3.97. The van der Waals surface area contributed by atoms with Crippen molar-refractivity contribution in [1.29, 1.82) is 0 Å². The van der Waals surface area contributed by atoms with E-state index in [2.05, 4.69) is 4.72 Å². The average molecular weight is 385 g/mol. The lowest BCUT2D eigenvalue weighted by molar-refractivity contribution is 0.434. The van der Waals surface area contributed by atoms with Crippen molar-refractivity contribution in [3.8, 4) is 0 Å². The van der Waals surface area contributed by atoms with E-state index in [9.17, 15) is 8.42 Å². The van der Waals surface area contributed by atoms with E-state index in [1.165, 1.54) is 19.3 Å². The van der Waals surface area contributed by atoms with Gasteiger partial charge in [-0.3, -0.25) is 14.0 Å². The second-order valence-electron chi connectivity index (χ2n) is 7.17. The molecular formula is C20H23N3O3S. The normalized spacial score (nSPS) is 15.9. The van der Waals surface area contributed by atoms with Crippen LogP contribution >= 0.6 is 0 Å². The van der Waals surface area contributed by atoms with E-state index < -0.39 is 10.3 Å². The third-order valence-corrected chi connectivity index (χ3v) is 5.69. The van der Waals surface area contributed by atoms with Crippen molar-refractivity contribution >= 4 is 26.9 Å². The van der Waals surface area contributed by atoms with Gasteiger partial charge in [-0.25, -0.2) is 0 Å². The number of benzene rings is 2. The zero-order valence-corrected chi connectivity index (χ0v) is 15.8. The van der Waals surface area contributed by atoms with Crippen LogP contribution in [0.4, 0.5) is 5.69 Å². The van der Waals surface area contributed by atoms with Crippen LogP contribution in [0.5, 0.6) is 0 Å². The topological polar surface area (TPSA) is 84.2 Å². The number of anilines is 1. The summed E-state index contributed by atoms with van der Waals surface area (Å²) in [6, 6.07) is 15.4. The van der Waals surface area contributed by atoms with Crippen LogP contribution in [0.15, 0.2) is 48.5 Å². The number of nitrogens with one attached hydrogen (secondary N) is 1. The van der Waals surface area contributed by atoms with Gasteiger partial charge in [0.2, 0.25) is 0 Å². The lowest BCUT2D eigenvalue weighted by atomic mass is 9.86. The number of nitrogens with zero attached hydrogens (tertiary/aromatic N) is 2. The Morgan fingerprint density at radius 1 is 1.07 bits per heavy atom. The third kappa shape index (κ3) is 4.14. The first kappa shape index (κ1) is 18.0. The van der Waals surface area contributed by atoms with Crippen LogP contribution in [0, 0.1) is 0 Å². The lowest BCUT2D eigenvalue weighted by Gasteiger charge is -2.20. The highest BCUT2D eigenvalue weighted by molar-refractivity contribution is 7.87. The number of hydrogen-bond donors (Lipinski definition) is 2. The molecule has 6 nitrogen and oxygen atoms in total. The average Bonchev–Trinajstić information content (AvgIpc) is 3.00. The van der Waals surface area contributed by atoms with Gasteiger partial charge in [0, 0.05) is 11.3 Å². The van der Waals surface area contributed by atoms with Crippen LogP contribution in [0.3, 0.4) is 0 Å². The van der Waals surface area contributed by atoms with Crippen LogP contribution in [-0.4, -0.2) is 22.8 Å². The Bertz CT molecular complexity index is 1040. The molecule has 1 heterocycles. The standard InChI is InChI=1S/C20H23N3O3S/c24-27(25,26)22-17-11-12-18-19(13-17)23(14-15-7-3-1-4-8-15)21-20(18)16-9-5-2-6-10-16/h1,3-4,7-8,11-13,16,22H,2,5-6,9-10,14H2,(H,24,25,26). The molecule has 0 unspecified atom stereocenters. The molecule has 2 aromatic carbocycles. The molecule has 1 fully saturated rings. The molecule has 7 heteroatoms. The summed E-state index contributed by atoms with van der Waals surface area (Å²) < 4.78 is 35.5. The second-order valence-corrected chi connectivity index (χ2v) is 8.33. The molecule has 1 aromatic heterocycles. The molecule has 27 heavy (non-hydrogen) atoms. The van der Waals surface area contributed by atoms with Crippen molar-refractivity contribution in [2.45, 2.75) is 44.6 Å². The Morgan fingerprint density at radius 3 is 2.52 bits per heavy atom. The van der Waals surface area contributed by atoms with E-state index in [4.69, 9.17) is 9.65 Å². The van der Waals surface area contributed by atoms with Gasteiger partial charge in [-0.2, -0.15) is 13.5 Å². The molecule has 3 aromatic rings. The van der Waals surface area contributed by atoms with Crippen molar-refractivity contribution in [3.63, 3.8) is 0 Å². The SMILES string of the molecule is O=S(=O)(O)Nc1ccc2c(C3CCCCC3)nn(Cc3ccccc3)c2c1. The fourth-order valence-corrected chi connectivity index (χ4v) is 4.39. The first-order chi connectivity index (χ1) is 13.0. The molecule has 2 N–H and O–H groups in total. The minimum Gasteiger partial charge on any atom is -0.269 e. The Morgan fingerprint density at radius 2 is 1.81 bits per heavy atom. The Balaban J connectivity index is 1.79. The van der Waals surface area contributed by atoms with Crippen LogP contribution in [0.2, 0.25) is 0 Å². The maximum absolute atomic E-state index is 11.2. The quantitative estimate of drug-likeness (QED) is 0.640. The van der Waals surface area contributed by atoms with Crippen molar-refractivity contribution in [2.24, 2.45) is 0 Å². The molecular weight excluding hydrogens is 362 g/mol. The highest BCUT2D eigenvalue weighted by atomic mass is 32.2. The maximum atomic E-state index is 11.2. The van der Waals surface area contributed by atoms with Gasteiger partial charge in [-0.15, -0.1) is 0 Å². The molecule has 1 aliphatic rings. The minimum absolute atomic E-state index is 0.328. The maximum Gasteiger partial charge on any atom is 0.357 e. The van der Waals surface area contributed by atoms with Gasteiger partial charge in [0.1, 0.15) is 0 Å². The lowest BCUT2D eigenvalue weighted by Crippen LogP contribution is -2.10. The molecule has 4 rings (SSSR count). The van der Waals surface area contributed by atoms with E-state index >= 15 is 0 Å². The molecule has 0 aliphatic heterocycles. The van der Waals surface area contributed by atoms with Gasteiger partial charge >= 0.3 is 10.3 Å². The number of rotatable bonds is 5. The third-order valence-electron chi connectivity index (χ3n) is 5.19.